The summed E-state index contributed by atoms with van der Waals surface area (Å²) < 4.78 is 40.1. The Hall–Kier alpha value is -2.87. The molecule has 1 aliphatic rings. The summed E-state index contributed by atoms with van der Waals surface area (Å²) in [5.41, 5.74) is -1.64. The number of likely N-dealkylation sites (tertiary alicyclic amines) is 1. The van der Waals surface area contributed by atoms with Gasteiger partial charge in [0.2, 0.25) is 0 Å². The fourth-order valence-electron chi connectivity index (χ4n) is 2.90. The normalized spacial score (nSPS) is 19.5. The highest BCUT2D eigenvalue weighted by Gasteiger charge is 2.41. The molecule has 8 heteroatoms. The maximum Gasteiger partial charge on any atom is 0.313 e. The lowest BCUT2D eigenvalue weighted by Crippen LogP contribution is -2.40. The molecule has 136 valence electrons. The molecule has 2 amide bonds. The number of anilines is 1. The molecule has 5 nitrogen and oxygen atoms in total. The van der Waals surface area contributed by atoms with Crippen molar-refractivity contribution in [2.24, 2.45) is 0 Å². The molecular weight excluding hydrogens is 349 g/mol. The van der Waals surface area contributed by atoms with Gasteiger partial charge in [-0.15, -0.1) is 0 Å². The van der Waals surface area contributed by atoms with Gasteiger partial charge in [0, 0.05) is 6.54 Å². The Kier molecular flexibility index (Phi) is 4.69. The van der Waals surface area contributed by atoms with Crippen LogP contribution >= 0.6 is 0 Å². The highest BCUT2D eigenvalue weighted by atomic mass is 19.2. The molecule has 0 saturated carbocycles. The van der Waals surface area contributed by atoms with Crippen LogP contribution in [-0.4, -0.2) is 34.9 Å². The van der Waals surface area contributed by atoms with E-state index in [-0.39, 0.29) is 19.5 Å². The Morgan fingerprint density at radius 1 is 1.12 bits per heavy atom. The first-order chi connectivity index (χ1) is 12.3. The summed E-state index contributed by atoms with van der Waals surface area (Å²) in [6, 6.07) is 8.55. The fraction of sp³-hybridized carbons (Fsp3) is 0.222. The zero-order valence-corrected chi connectivity index (χ0v) is 13.5. The Bertz CT molecular complexity index is 875. The number of carbonyl (C=O) groups is 2. The number of amides is 2. The smallest absolute Gasteiger partial charge is 0.313 e. The number of rotatable bonds is 2. The van der Waals surface area contributed by atoms with Gasteiger partial charge in [-0.1, -0.05) is 18.2 Å². The molecule has 0 radical (unpaired) electrons. The van der Waals surface area contributed by atoms with Gasteiger partial charge in [0.05, 0.1) is 12.2 Å². The molecule has 3 rings (SSSR count). The number of halogens is 3. The number of nitrogens with one attached hydrogen (secondary N) is 1. The van der Waals surface area contributed by atoms with Crippen LogP contribution in [0.1, 0.15) is 12.0 Å². The van der Waals surface area contributed by atoms with Crippen molar-refractivity contribution in [3.63, 3.8) is 0 Å². The molecule has 1 fully saturated rings. The molecule has 0 aromatic heterocycles. The summed E-state index contributed by atoms with van der Waals surface area (Å²) in [5, 5.41) is 12.7. The lowest BCUT2D eigenvalue weighted by molar-refractivity contribution is -0.143. The Labute approximate surface area is 147 Å². The zero-order valence-electron chi connectivity index (χ0n) is 13.5. The lowest BCUT2D eigenvalue weighted by Gasteiger charge is -2.23. The molecular formula is C18H15F3N2O3. The summed E-state index contributed by atoms with van der Waals surface area (Å²) in [5.74, 6) is -5.11. The van der Waals surface area contributed by atoms with Gasteiger partial charge in [-0.3, -0.25) is 9.59 Å². The van der Waals surface area contributed by atoms with E-state index in [1.54, 1.807) is 0 Å². The average Bonchev–Trinajstić information content (AvgIpc) is 3.02. The largest absolute Gasteiger partial charge is 0.383 e. The third-order valence-corrected chi connectivity index (χ3v) is 4.29. The lowest BCUT2D eigenvalue weighted by atomic mass is 9.93. The number of benzene rings is 2. The van der Waals surface area contributed by atoms with Crippen molar-refractivity contribution in [1.29, 1.82) is 0 Å². The van der Waals surface area contributed by atoms with Crippen molar-refractivity contribution in [3.05, 3.63) is 65.5 Å². The van der Waals surface area contributed by atoms with E-state index in [0.717, 1.165) is 23.1 Å². The van der Waals surface area contributed by atoms with Crippen LogP contribution in [0.3, 0.4) is 0 Å². The van der Waals surface area contributed by atoms with E-state index in [2.05, 4.69) is 0 Å². The van der Waals surface area contributed by atoms with Crippen LogP contribution in [0, 0.1) is 17.5 Å². The molecule has 1 saturated heterocycles. The summed E-state index contributed by atoms with van der Waals surface area (Å²) >= 11 is 0. The summed E-state index contributed by atoms with van der Waals surface area (Å²) in [6.45, 7) is -0.154. The van der Waals surface area contributed by atoms with Gasteiger partial charge in [-0.25, -0.2) is 13.2 Å². The third kappa shape index (κ3) is 3.41. The SMILES string of the molecule is O=C(Nc1cccc(F)c1F)C(=O)N1CCC(O)(c2cccc(F)c2)C1. The quantitative estimate of drug-likeness (QED) is 0.803. The van der Waals surface area contributed by atoms with Crippen molar-refractivity contribution < 1.29 is 27.9 Å². The van der Waals surface area contributed by atoms with Gasteiger partial charge in [0.25, 0.3) is 0 Å². The number of aliphatic hydroxyl groups is 1. The predicted molar refractivity (Wildman–Crippen MR) is 86.5 cm³/mol. The minimum absolute atomic E-state index is 0.0604. The van der Waals surface area contributed by atoms with Gasteiger partial charge in [0.15, 0.2) is 11.6 Å². The van der Waals surface area contributed by atoms with Crippen molar-refractivity contribution in [2.75, 3.05) is 18.4 Å². The van der Waals surface area contributed by atoms with Gasteiger partial charge >= 0.3 is 11.8 Å². The first kappa shape index (κ1) is 17.9. The summed E-state index contributed by atoms with van der Waals surface area (Å²) in [6.07, 6.45) is 0.115. The number of hydrogen-bond acceptors (Lipinski definition) is 3. The van der Waals surface area contributed by atoms with Crippen molar-refractivity contribution in [3.8, 4) is 0 Å². The van der Waals surface area contributed by atoms with Crippen LogP contribution < -0.4 is 5.32 Å². The van der Waals surface area contributed by atoms with Crippen LogP contribution in [0.2, 0.25) is 0 Å². The van der Waals surface area contributed by atoms with E-state index in [1.165, 1.54) is 24.3 Å². The molecule has 0 bridgehead atoms. The van der Waals surface area contributed by atoms with E-state index >= 15 is 0 Å². The molecule has 2 aromatic rings. The van der Waals surface area contributed by atoms with Crippen molar-refractivity contribution in [1.82, 2.24) is 4.90 Å². The molecule has 0 spiro atoms. The highest BCUT2D eigenvalue weighted by molar-refractivity contribution is 6.39. The second-order valence-corrected chi connectivity index (χ2v) is 6.07. The highest BCUT2D eigenvalue weighted by Crippen LogP contribution is 2.32. The number of hydrogen-bond donors (Lipinski definition) is 2. The zero-order chi connectivity index (χ0) is 18.9. The van der Waals surface area contributed by atoms with Crippen LogP contribution in [0.15, 0.2) is 42.5 Å². The van der Waals surface area contributed by atoms with E-state index in [0.29, 0.717) is 5.56 Å². The van der Waals surface area contributed by atoms with Crippen molar-refractivity contribution >= 4 is 17.5 Å². The second-order valence-electron chi connectivity index (χ2n) is 6.07. The molecule has 26 heavy (non-hydrogen) atoms. The Morgan fingerprint density at radius 3 is 2.58 bits per heavy atom. The fourth-order valence-corrected chi connectivity index (χ4v) is 2.90. The first-order valence-corrected chi connectivity index (χ1v) is 7.83. The maximum atomic E-state index is 13.6. The minimum Gasteiger partial charge on any atom is -0.383 e. The predicted octanol–water partition coefficient (Wildman–Crippen LogP) is 2.16. The van der Waals surface area contributed by atoms with Crippen LogP contribution in [0.5, 0.6) is 0 Å². The minimum atomic E-state index is -1.48. The number of β-amino-alcohol motifs (C(OH)–C–C–N with tert-alkyl or cyclic N) is 1. The van der Waals surface area contributed by atoms with E-state index in [1.807, 2.05) is 5.32 Å². The molecule has 2 aromatic carbocycles. The second kappa shape index (κ2) is 6.80. The maximum absolute atomic E-state index is 13.6. The number of carbonyl (C=O) groups excluding carboxylic acids is 2. The standard InChI is InChI=1S/C18H15F3N2O3/c19-12-4-1-3-11(9-12)18(26)7-8-23(10-18)17(25)16(24)22-14-6-2-5-13(20)15(14)21/h1-6,9,26H,7-8,10H2,(H,22,24). The average molecular weight is 364 g/mol. The molecule has 0 aliphatic carbocycles. The van der Waals surface area contributed by atoms with E-state index < -0.39 is 40.6 Å². The summed E-state index contributed by atoms with van der Waals surface area (Å²) in [4.78, 5) is 25.4. The molecule has 2 N–H and O–H groups in total. The Morgan fingerprint density at radius 2 is 1.85 bits per heavy atom. The molecule has 1 aliphatic heterocycles. The summed E-state index contributed by atoms with van der Waals surface area (Å²) in [7, 11) is 0. The Balaban J connectivity index is 1.71. The van der Waals surface area contributed by atoms with E-state index in [4.69, 9.17) is 0 Å². The van der Waals surface area contributed by atoms with E-state index in [9.17, 15) is 27.9 Å². The monoisotopic (exact) mass is 364 g/mol. The number of nitrogens with zero attached hydrogens (tertiary/aromatic N) is 1. The van der Waals surface area contributed by atoms with Gasteiger partial charge in [0.1, 0.15) is 11.4 Å². The van der Waals surface area contributed by atoms with Crippen LogP contribution in [-0.2, 0) is 15.2 Å². The topological polar surface area (TPSA) is 69.6 Å². The first-order valence-electron chi connectivity index (χ1n) is 7.83. The van der Waals surface area contributed by atoms with Crippen LogP contribution in [0.4, 0.5) is 18.9 Å². The molecule has 1 heterocycles. The van der Waals surface area contributed by atoms with Gasteiger partial charge in [-0.2, -0.15) is 0 Å². The van der Waals surface area contributed by atoms with Gasteiger partial charge < -0.3 is 15.3 Å². The molecule has 1 unspecified atom stereocenters. The molecule has 1 atom stereocenters. The van der Waals surface area contributed by atoms with Crippen molar-refractivity contribution in [2.45, 2.75) is 12.0 Å². The van der Waals surface area contributed by atoms with Gasteiger partial charge in [-0.05, 0) is 36.2 Å². The third-order valence-electron chi connectivity index (χ3n) is 4.29. The van der Waals surface area contributed by atoms with Crippen LogP contribution in [0.25, 0.3) is 0 Å².